The molecule has 3 rings (SSSR count). The molecule has 7 nitrogen and oxygen atoms in total. The molecule has 0 bridgehead atoms. The van der Waals surface area contributed by atoms with E-state index in [2.05, 4.69) is 15.5 Å². The van der Waals surface area contributed by atoms with Crippen LogP contribution in [0.25, 0.3) is 11.6 Å². The number of nitrogens with one attached hydrogen (secondary N) is 1. The molecule has 3 aromatic rings. The number of rotatable bonds is 7. The first-order valence-electron chi connectivity index (χ1n) is 7.76. The number of aromatic nitrogens is 3. The van der Waals surface area contributed by atoms with Crippen LogP contribution in [0.5, 0.6) is 5.75 Å². The fourth-order valence-electron chi connectivity index (χ4n) is 2.23. The van der Waals surface area contributed by atoms with Gasteiger partial charge in [-0.2, -0.15) is 0 Å². The van der Waals surface area contributed by atoms with E-state index in [1.54, 1.807) is 16.9 Å². The largest absolute Gasteiger partial charge is 0.492 e. The molecule has 0 saturated carbocycles. The van der Waals surface area contributed by atoms with E-state index in [0.717, 1.165) is 0 Å². The maximum absolute atomic E-state index is 12.2. The third kappa shape index (κ3) is 4.03. The van der Waals surface area contributed by atoms with E-state index in [1.807, 2.05) is 44.3 Å². The lowest BCUT2D eigenvalue weighted by Crippen LogP contribution is -2.15. The number of thioether (sulfide) groups is 1. The van der Waals surface area contributed by atoms with Crippen molar-refractivity contribution in [1.82, 2.24) is 14.8 Å². The molecule has 0 spiro atoms. The second kappa shape index (κ2) is 7.89. The number of para-hydroxylation sites is 2. The normalized spacial score (nSPS) is 10.6. The Labute approximate surface area is 149 Å². The summed E-state index contributed by atoms with van der Waals surface area (Å²) in [6.07, 6.45) is 1.58. The molecule has 0 saturated heterocycles. The van der Waals surface area contributed by atoms with Crippen molar-refractivity contribution in [3.63, 3.8) is 0 Å². The summed E-state index contributed by atoms with van der Waals surface area (Å²) >= 11 is 1.31. The molecule has 1 N–H and O–H groups in total. The molecular formula is C17H18N4O3S. The minimum Gasteiger partial charge on any atom is -0.492 e. The Morgan fingerprint density at radius 2 is 2.12 bits per heavy atom. The highest BCUT2D eigenvalue weighted by molar-refractivity contribution is 7.99. The fraction of sp³-hybridized carbons (Fsp3) is 0.235. The van der Waals surface area contributed by atoms with Gasteiger partial charge < -0.3 is 19.0 Å². The molecule has 0 atom stereocenters. The van der Waals surface area contributed by atoms with Gasteiger partial charge in [0.05, 0.1) is 24.3 Å². The van der Waals surface area contributed by atoms with Crippen LogP contribution in [0.4, 0.5) is 5.69 Å². The van der Waals surface area contributed by atoms with Crippen LogP contribution < -0.4 is 10.1 Å². The number of nitrogens with zero attached hydrogens (tertiary/aromatic N) is 3. The molecule has 0 fully saturated rings. The van der Waals surface area contributed by atoms with Crippen LogP contribution in [-0.4, -0.2) is 33.0 Å². The van der Waals surface area contributed by atoms with E-state index in [-0.39, 0.29) is 11.7 Å². The standard InChI is InChI=1S/C17H18N4O3S/c1-3-23-13-8-5-4-7-12(13)18-15(22)11-25-17-20-19-16(21(17)2)14-9-6-10-24-14/h4-10H,3,11H2,1-2H3,(H,18,22). The molecule has 2 aromatic heterocycles. The molecule has 2 heterocycles. The van der Waals surface area contributed by atoms with Gasteiger partial charge in [-0.1, -0.05) is 23.9 Å². The number of ether oxygens (including phenoxy) is 1. The number of anilines is 1. The van der Waals surface area contributed by atoms with Gasteiger partial charge in [0, 0.05) is 7.05 Å². The molecule has 130 valence electrons. The molecule has 8 heteroatoms. The lowest BCUT2D eigenvalue weighted by molar-refractivity contribution is -0.113. The Hall–Kier alpha value is -2.74. The van der Waals surface area contributed by atoms with Crippen LogP contribution in [0, 0.1) is 0 Å². The van der Waals surface area contributed by atoms with Crippen molar-refractivity contribution in [3.8, 4) is 17.3 Å². The van der Waals surface area contributed by atoms with Crippen LogP contribution in [-0.2, 0) is 11.8 Å². The predicted molar refractivity (Wildman–Crippen MR) is 95.7 cm³/mol. The Morgan fingerprint density at radius 1 is 1.28 bits per heavy atom. The van der Waals surface area contributed by atoms with E-state index in [0.29, 0.717) is 34.8 Å². The highest BCUT2D eigenvalue weighted by Crippen LogP contribution is 2.25. The van der Waals surface area contributed by atoms with E-state index in [9.17, 15) is 4.79 Å². The SMILES string of the molecule is CCOc1ccccc1NC(=O)CSc1nnc(-c2ccco2)n1C. The lowest BCUT2D eigenvalue weighted by atomic mass is 10.3. The molecule has 1 amide bonds. The fourth-order valence-corrected chi connectivity index (χ4v) is 2.94. The zero-order valence-corrected chi connectivity index (χ0v) is 14.7. The summed E-state index contributed by atoms with van der Waals surface area (Å²) in [5.41, 5.74) is 0.657. The topological polar surface area (TPSA) is 82.2 Å². The highest BCUT2D eigenvalue weighted by Gasteiger charge is 2.15. The maximum atomic E-state index is 12.2. The smallest absolute Gasteiger partial charge is 0.234 e. The number of hydrogen-bond acceptors (Lipinski definition) is 6. The van der Waals surface area contributed by atoms with E-state index in [1.165, 1.54) is 11.8 Å². The van der Waals surface area contributed by atoms with Gasteiger partial charge in [0.15, 0.2) is 16.7 Å². The molecule has 0 aliphatic rings. The van der Waals surface area contributed by atoms with Crippen molar-refractivity contribution < 1.29 is 13.9 Å². The van der Waals surface area contributed by atoms with Crippen LogP contribution in [0.1, 0.15) is 6.92 Å². The number of benzene rings is 1. The Balaban J connectivity index is 1.62. The van der Waals surface area contributed by atoms with E-state index >= 15 is 0 Å². The number of amides is 1. The summed E-state index contributed by atoms with van der Waals surface area (Å²) in [5, 5.41) is 11.7. The Kier molecular flexibility index (Phi) is 5.39. The molecule has 0 unspecified atom stereocenters. The monoisotopic (exact) mass is 358 g/mol. The van der Waals surface area contributed by atoms with Gasteiger partial charge in [-0.15, -0.1) is 10.2 Å². The summed E-state index contributed by atoms with van der Waals surface area (Å²) in [4.78, 5) is 12.2. The third-order valence-corrected chi connectivity index (χ3v) is 4.39. The quantitative estimate of drug-likeness (QED) is 0.653. The Morgan fingerprint density at radius 3 is 2.88 bits per heavy atom. The van der Waals surface area contributed by atoms with Gasteiger partial charge in [-0.3, -0.25) is 4.79 Å². The van der Waals surface area contributed by atoms with Gasteiger partial charge in [0.2, 0.25) is 5.91 Å². The minimum atomic E-state index is -0.139. The van der Waals surface area contributed by atoms with Crippen molar-refractivity contribution in [2.45, 2.75) is 12.1 Å². The van der Waals surface area contributed by atoms with Crippen LogP contribution >= 0.6 is 11.8 Å². The van der Waals surface area contributed by atoms with Crippen molar-refractivity contribution in [1.29, 1.82) is 0 Å². The minimum absolute atomic E-state index is 0.139. The van der Waals surface area contributed by atoms with Gasteiger partial charge in [-0.25, -0.2) is 0 Å². The molecule has 0 radical (unpaired) electrons. The first-order chi connectivity index (χ1) is 12.2. The first-order valence-corrected chi connectivity index (χ1v) is 8.75. The van der Waals surface area contributed by atoms with Gasteiger partial charge >= 0.3 is 0 Å². The van der Waals surface area contributed by atoms with Crippen molar-refractivity contribution in [3.05, 3.63) is 42.7 Å². The van der Waals surface area contributed by atoms with Crippen LogP contribution in [0.3, 0.4) is 0 Å². The number of carbonyl (C=O) groups excluding carboxylic acids is 1. The van der Waals surface area contributed by atoms with Crippen molar-refractivity contribution in [2.24, 2.45) is 7.05 Å². The molecule has 0 aliphatic heterocycles. The molecule has 1 aromatic carbocycles. The maximum Gasteiger partial charge on any atom is 0.234 e. The molecule has 25 heavy (non-hydrogen) atoms. The van der Waals surface area contributed by atoms with Crippen molar-refractivity contribution >= 4 is 23.4 Å². The zero-order valence-electron chi connectivity index (χ0n) is 13.9. The number of furan rings is 1. The number of hydrogen-bond donors (Lipinski definition) is 1. The summed E-state index contributed by atoms with van der Waals surface area (Å²) in [7, 11) is 1.84. The number of carbonyl (C=O) groups is 1. The summed E-state index contributed by atoms with van der Waals surface area (Å²) in [6, 6.07) is 11.0. The predicted octanol–water partition coefficient (Wildman–Crippen LogP) is 3.20. The van der Waals surface area contributed by atoms with E-state index < -0.39 is 0 Å². The molecular weight excluding hydrogens is 340 g/mol. The van der Waals surface area contributed by atoms with Gasteiger partial charge in [0.25, 0.3) is 0 Å². The summed E-state index contributed by atoms with van der Waals surface area (Å²) < 4.78 is 12.6. The Bertz CT molecular complexity index is 845. The van der Waals surface area contributed by atoms with Gasteiger partial charge in [0.1, 0.15) is 5.75 Å². The van der Waals surface area contributed by atoms with Crippen LogP contribution in [0.15, 0.2) is 52.2 Å². The van der Waals surface area contributed by atoms with Gasteiger partial charge in [-0.05, 0) is 31.2 Å². The summed E-state index contributed by atoms with van der Waals surface area (Å²) in [6.45, 7) is 2.44. The van der Waals surface area contributed by atoms with Crippen LogP contribution in [0.2, 0.25) is 0 Å². The second-order valence-corrected chi connectivity index (χ2v) is 6.05. The molecule has 0 aliphatic carbocycles. The van der Waals surface area contributed by atoms with E-state index in [4.69, 9.17) is 9.15 Å². The lowest BCUT2D eigenvalue weighted by Gasteiger charge is -2.10. The average Bonchev–Trinajstić information content (AvgIpc) is 3.25. The van der Waals surface area contributed by atoms with Crippen molar-refractivity contribution in [2.75, 3.05) is 17.7 Å². The average molecular weight is 358 g/mol. The first kappa shape index (κ1) is 17.1. The second-order valence-electron chi connectivity index (χ2n) is 5.11. The summed E-state index contributed by atoms with van der Waals surface area (Å²) in [5.74, 6) is 1.98. The third-order valence-electron chi connectivity index (χ3n) is 3.37. The highest BCUT2D eigenvalue weighted by atomic mass is 32.2. The zero-order chi connectivity index (χ0) is 17.6.